The molecule has 0 saturated carbocycles. The van der Waals surface area contributed by atoms with Crippen molar-refractivity contribution in [3.05, 3.63) is 132 Å². The molecule has 37 heavy (non-hydrogen) atoms. The minimum atomic E-state index is -0.0605. The SMILES string of the molecule is CC1C=C(c2ccc(N3c4c(ccc5c4C(C)(C)C(c4ccccc4)N5)C4C=CC=CC43)cc2)C=CC1. The topological polar surface area (TPSA) is 15.3 Å². The summed E-state index contributed by atoms with van der Waals surface area (Å²) < 4.78 is 0. The average Bonchev–Trinajstić information content (AvgIpc) is 3.40. The van der Waals surface area contributed by atoms with E-state index in [2.05, 4.69) is 140 Å². The van der Waals surface area contributed by atoms with Gasteiger partial charge in [0.2, 0.25) is 0 Å². The van der Waals surface area contributed by atoms with E-state index in [-0.39, 0.29) is 17.5 Å². The third-order valence-electron chi connectivity index (χ3n) is 8.76. The van der Waals surface area contributed by atoms with Crippen molar-refractivity contribution in [1.82, 2.24) is 0 Å². The Morgan fingerprint density at radius 3 is 2.46 bits per heavy atom. The van der Waals surface area contributed by atoms with Gasteiger partial charge in [-0.3, -0.25) is 0 Å². The zero-order valence-electron chi connectivity index (χ0n) is 21.9. The molecule has 0 saturated heterocycles. The van der Waals surface area contributed by atoms with Gasteiger partial charge in [-0.15, -0.1) is 0 Å². The number of hydrogen-bond acceptors (Lipinski definition) is 2. The van der Waals surface area contributed by atoms with Gasteiger partial charge in [-0.05, 0) is 52.8 Å². The fraction of sp³-hybridized carbons (Fsp3) is 0.257. The zero-order valence-corrected chi connectivity index (χ0v) is 21.9. The summed E-state index contributed by atoms with van der Waals surface area (Å²) in [6.07, 6.45) is 17.3. The summed E-state index contributed by atoms with van der Waals surface area (Å²) in [5.41, 5.74) is 10.7. The lowest BCUT2D eigenvalue weighted by Gasteiger charge is -2.33. The van der Waals surface area contributed by atoms with E-state index in [0.717, 1.165) is 6.42 Å². The molecule has 2 heterocycles. The fourth-order valence-corrected chi connectivity index (χ4v) is 6.96. The lowest BCUT2D eigenvalue weighted by Crippen LogP contribution is -2.31. The van der Waals surface area contributed by atoms with Crippen LogP contribution in [0, 0.1) is 5.92 Å². The van der Waals surface area contributed by atoms with Gasteiger partial charge in [0.1, 0.15) is 0 Å². The largest absolute Gasteiger partial charge is 0.377 e. The number of rotatable bonds is 3. The standard InChI is InChI=1S/C35H34N2/c1-23-10-9-13-26(22-23)24-16-18-27(19-17-24)37-31-15-8-7-14-28(31)29-20-21-30-32(33(29)37)35(2,3)34(36-30)25-11-5-4-6-12-25/h4-9,11-23,28,31,34,36H,10H2,1-3H3. The Morgan fingerprint density at radius 1 is 0.892 bits per heavy atom. The van der Waals surface area contributed by atoms with Crippen molar-refractivity contribution in [3.8, 4) is 0 Å². The molecule has 2 aliphatic carbocycles. The maximum absolute atomic E-state index is 3.90. The number of hydrogen-bond donors (Lipinski definition) is 1. The van der Waals surface area contributed by atoms with Crippen molar-refractivity contribution in [2.45, 2.75) is 50.6 Å². The highest BCUT2D eigenvalue weighted by atomic mass is 15.2. The van der Waals surface area contributed by atoms with Crippen molar-refractivity contribution in [2.24, 2.45) is 5.92 Å². The maximum Gasteiger partial charge on any atom is 0.0629 e. The van der Waals surface area contributed by atoms with Gasteiger partial charge in [-0.2, -0.15) is 0 Å². The van der Waals surface area contributed by atoms with Gasteiger partial charge in [-0.1, -0.05) is 112 Å². The molecule has 184 valence electrons. The van der Waals surface area contributed by atoms with Crippen LogP contribution in [0.15, 0.2) is 109 Å². The lowest BCUT2D eigenvalue weighted by atomic mass is 9.76. The Bertz CT molecular complexity index is 1470. The van der Waals surface area contributed by atoms with Crippen LogP contribution in [0.5, 0.6) is 0 Å². The molecule has 0 bridgehead atoms. The molecule has 4 unspecified atom stereocenters. The number of anilines is 3. The normalized spacial score (nSPS) is 26.4. The summed E-state index contributed by atoms with van der Waals surface area (Å²) in [5, 5.41) is 3.90. The molecule has 1 N–H and O–H groups in total. The van der Waals surface area contributed by atoms with E-state index in [1.165, 1.54) is 44.9 Å². The van der Waals surface area contributed by atoms with Gasteiger partial charge < -0.3 is 10.2 Å². The van der Waals surface area contributed by atoms with Crippen molar-refractivity contribution >= 4 is 22.6 Å². The third kappa shape index (κ3) is 3.46. The van der Waals surface area contributed by atoms with Crippen molar-refractivity contribution in [3.63, 3.8) is 0 Å². The Balaban J connectivity index is 1.35. The summed E-state index contributed by atoms with van der Waals surface area (Å²) in [7, 11) is 0. The minimum absolute atomic E-state index is 0.0605. The van der Waals surface area contributed by atoms with Gasteiger partial charge in [-0.25, -0.2) is 0 Å². The first-order chi connectivity index (χ1) is 18.0. The Kier molecular flexibility index (Phi) is 5.08. The van der Waals surface area contributed by atoms with E-state index in [0.29, 0.717) is 11.8 Å². The van der Waals surface area contributed by atoms with Crippen LogP contribution in [0.3, 0.4) is 0 Å². The monoisotopic (exact) mass is 482 g/mol. The molecule has 2 aliphatic heterocycles. The van der Waals surface area contributed by atoms with Crippen LogP contribution < -0.4 is 10.2 Å². The molecular formula is C35H34N2. The first-order valence-corrected chi connectivity index (χ1v) is 13.6. The van der Waals surface area contributed by atoms with Crippen molar-refractivity contribution < 1.29 is 0 Å². The van der Waals surface area contributed by atoms with Crippen molar-refractivity contribution in [1.29, 1.82) is 0 Å². The average molecular weight is 483 g/mol. The molecule has 3 aromatic rings. The molecule has 0 spiro atoms. The van der Waals surface area contributed by atoms with Crippen LogP contribution in [-0.4, -0.2) is 6.04 Å². The summed E-state index contributed by atoms with van der Waals surface area (Å²) in [4.78, 5) is 2.60. The molecule has 7 rings (SSSR count). The lowest BCUT2D eigenvalue weighted by molar-refractivity contribution is 0.474. The van der Waals surface area contributed by atoms with Crippen molar-refractivity contribution in [2.75, 3.05) is 10.2 Å². The van der Waals surface area contributed by atoms with Crippen LogP contribution >= 0.6 is 0 Å². The second-order valence-electron chi connectivity index (χ2n) is 11.6. The quantitative estimate of drug-likeness (QED) is 0.401. The van der Waals surface area contributed by atoms with Gasteiger partial charge >= 0.3 is 0 Å². The number of allylic oxidation sites excluding steroid dienone is 6. The first-order valence-electron chi connectivity index (χ1n) is 13.6. The Morgan fingerprint density at radius 2 is 1.68 bits per heavy atom. The summed E-state index contributed by atoms with van der Waals surface area (Å²) in [5.74, 6) is 0.960. The fourth-order valence-electron chi connectivity index (χ4n) is 6.96. The highest BCUT2D eigenvalue weighted by molar-refractivity contribution is 5.86. The first kappa shape index (κ1) is 22.4. The predicted molar refractivity (Wildman–Crippen MR) is 157 cm³/mol. The molecule has 4 atom stereocenters. The van der Waals surface area contributed by atoms with Crippen LogP contribution in [-0.2, 0) is 5.41 Å². The number of benzene rings is 3. The number of fused-ring (bicyclic) bond motifs is 5. The van der Waals surface area contributed by atoms with Gasteiger partial charge in [0.25, 0.3) is 0 Å². The van der Waals surface area contributed by atoms with E-state index < -0.39 is 0 Å². The molecule has 0 fully saturated rings. The van der Waals surface area contributed by atoms with E-state index in [4.69, 9.17) is 0 Å². The summed E-state index contributed by atoms with van der Waals surface area (Å²) in [6, 6.07) is 25.4. The Hall–Kier alpha value is -3.78. The van der Waals surface area contributed by atoms with Crippen LogP contribution in [0.1, 0.15) is 61.4 Å². The van der Waals surface area contributed by atoms with Crippen LogP contribution in [0.2, 0.25) is 0 Å². The summed E-state index contributed by atoms with van der Waals surface area (Å²) >= 11 is 0. The second-order valence-corrected chi connectivity index (χ2v) is 11.6. The molecule has 3 aromatic carbocycles. The molecule has 2 heteroatoms. The summed E-state index contributed by atoms with van der Waals surface area (Å²) in [6.45, 7) is 7.10. The van der Waals surface area contributed by atoms with Crippen LogP contribution in [0.25, 0.3) is 5.57 Å². The van der Waals surface area contributed by atoms with Gasteiger partial charge in [0, 0.05) is 28.3 Å². The number of nitrogens with one attached hydrogen (secondary N) is 1. The molecule has 2 nitrogen and oxygen atoms in total. The predicted octanol–water partition coefficient (Wildman–Crippen LogP) is 8.84. The molecule has 0 radical (unpaired) electrons. The smallest absolute Gasteiger partial charge is 0.0629 e. The van der Waals surface area contributed by atoms with E-state index in [9.17, 15) is 0 Å². The highest BCUT2D eigenvalue weighted by Crippen LogP contribution is 2.59. The Labute approximate surface area is 220 Å². The van der Waals surface area contributed by atoms with E-state index in [1.54, 1.807) is 0 Å². The zero-order chi connectivity index (χ0) is 25.1. The highest BCUT2D eigenvalue weighted by Gasteiger charge is 2.48. The van der Waals surface area contributed by atoms with Crippen LogP contribution in [0.4, 0.5) is 17.1 Å². The second kappa shape index (κ2) is 8.38. The molecular weight excluding hydrogens is 448 g/mol. The molecule has 0 amide bonds. The molecule has 4 aliphatic rings. The van der Waals surface area contributed by atoms with E-state index >= 15 is 0 Å². The number of nitrogens with zero attached hydrogens (tertiary/aromatic N) is 1. The van der Waals surface area contributed by atoms with Gasteiger partial charge in [0.05, 0.1) is 17.8 Å². The third-order valence-corrected chi connectivity index (χ3v) is 8.76. The maximum atomic E-state index is 3.90. The molecule has 0 aromatic heterocycles. The van der Waals surface area contributed by atoms with E-state index in [1.807, 2.05) is 0 Å². The van der Waals surface area contributed by atoms with Gasteiger partial charge in [0.15, 0.2) is 0 Å². The minimum Gasteiger partial charge on any atom is -0.377 e.